The van der Waals surface area contributed by atoms with Crippen molar-refractivity contribution in [2.24, 2.45) is 7.05 Å². The summed E-state index contributed by atoms with van der Waals surface area (Å²) in [6.07, 6.45) is 1.83. The van der Waals surface area contributed by atoms with E-state index in [0.717, 1.165) is 41.1 Å². The first kappa shape index (κ1) is 16.0. The highest BCUT2D eigenvalue weighted by molar-refractivity contribution is 7.91. The van der Waals surface area contributed by atoms with Gasteiger partial charge in [-0.2, -0.15) is 9.40 Å². The van der Waals surface area contributed by atoms with E-state index < -0.39 is 10.0 Å². The third kappa shape index (κ3) is 2.82. The van der Waals surface area contributed by atoms with Crippen LogP contribution in [-0.2, 0) is 23.6 Å². The minimum absolute atomic E-state index is 0.0879. The van der Waals surface area contributed by atoms with Crippen LogP contribution in [0.5, 0.6) is 0 Å². The van der Waals surface area contributed by atoms with Gasteiger partial charge in [0.1, 0.15) is 4.21 Å². The third-order valence-corrected chi connectivity index (χ3v) is 7.64. The molecule has 0 N–H and O–H groups in total. The molecule has 22 heavy (non-hydrogen) atoms. The van der Waals surface area contributed by atoms with E-state index in [2.05, 4.69) is 5.10 Å². The minimum atomic E-state index is -3.51. The zero-order valence-corrected chi connectivity index (χ0v) is 15.1. The summed E-state index contributed by atoms with van der Waals surface area (Å²) in [5.74, 6) is 0. The fraction of sp³-hybridized carbons (Fsp3) is 0.500. The van der Waals surface area contributed by atoms with Crippen LogP contribution >= 0.6 is 22.9 Å². The Balaban J connectivity index is 1.97. The molecule has 0 radical (unpaired) electrons. The molecule has 8 heteroatoms. The maximum Gasteiger partial charge on any atom is 0.253 e. The van der Waals surface area contributed by atoms with Gasteiger partial charge in [0.25, 0.3) is 10.0 Å². The number of rotatable bonds is 5. The van der Waals surface area contributed by atoms with Gasteiger partial charge in [0.05, 0.1) is 10.0 Å². The Labute approximate surface area is 139 Å². The quantitative estimate of drug-likeness (QED) is 0.824. The molecule has 3 rings (SSSR count). The van der Waals surface area contributed by atoms with Crippen molar-refractivity contribution in [2.45, 2.75) is 43.5 Å². The Morgan fingerprint density at radius 3 is 2.55 bits per heavy atom. The molecule has 2 aromatic rings. The molecule has 0 atom stereocenters. The van der Waals surface area contributed by atoms with Gasteiger partial charge in [-0.05, 0) is 38.8 Å². The fourth-order valence-corrected chi connectivity index (χ4v) is 5.79. The predicted molar refractivity (Wildman–Crippen MR) is 87.8 cm³/mol. The van der Waals surface area contributed by atoms with Crippen molar-refractivity contribution in [3.05, 3.63) is 33.4 Å². The van der Waals surface area contributed by atoms with Crippen molar-refractivity contribution in [2.75, 3.05) is 0 Å². The van der Waals surface area contributed by atoms with E-state index in [1.807, 2.05) is 20.9 Å². The lowest BCUT2D eigenvalue weighted by Gasteiger charge is -2.21. The number of hydrogen-bond acceptors (Lipinski definition) is 4. The number of hydrogen-bond donors (Lipinski definition) is 0. The van der Waals surface area contributed by atoms with Gasteiger partial charge in [0.15, 0.2) is 0 Å². The van der Waals surface area contributed by atoms with Crippen LogP contribution < -0.4 is 0 Å². The molecule has 1 fully saturated rings. The Hall–Kier alpha value is -0.890. The second-order valence-corrected chi connectivity index (χ2v) is 9.45. The molecule has 120 valence electrons. The highest BCUT2D eigenvalue weighted by Crippen LogP contribution is 2.37. The van der Waals surface area contributed by atoms with Gasteiger partial charge < -0.3 is 0 Å². The molecule has 0 bridgehead atoms. The third-order valence-electron chi connectivity index (χ3n) is 4.04. The van der Waals surface area contributed by atoms with Crippen LogP contribution in [0.4, 0.5) is 0 Å². The van der Waals surface area contributed by atoms with Crippen molar-refractivity contribution in [1.82, 2.24) is 14.1 Å². The van der Waals surface area contributed by atoms with Crippen molar-refractivity contribution < 1.29 is 8.42 Å². The molecule has 2 aromatic heterocycles. The molecule has 2 heterocycles. The molecule has 0 saturated heterocycles. The smallest absolute Gasteiger partial charge is 0.253 e. The largest absolute Gasteiger partial charge is 0.272 e. The molecule has 0 spiro atoms. The number of halogens is 1. The lowest BCUT2D eigenvalue weighted by atomic mass is 10.2. The number of sulfonamides is 1. The number of aryl methyl sites for hydroxylation is 2. The highest BCUT2D eigenvalue weighted by atomic mass is 35.5. The van der Waals surface area contributed by atoms with Gasteiger partial charge in [-0.15, -0.1) is 11.3 Å². The summed E-state index contributed by atoms with van der Waals surface area (Å²) < 4.78 is 30.0. The van der Waals surface area contributed by atoms with Crippen LogP contribution in [0.1, 0.15) is 29.8 Å². The lowest BCUT2D eigenvalue weighted by Crippen LogP contribution is -2.32. The highest BCUT2D eigenvalue weighted by Gasteiger charge is 2.39. The number of thiophene rings is 1. The second kappa shape index (κ2) is 5.63. The van der Waals surface area contributed by atoms with Crippen LogP contribution in [-0.4, -0.2) is 28.5 Å². The van der Waals surface area contributed by atoms with E-state index in [1.54, 1.807) is 21.1 Å². The predicted octanol–water partition coefficient (Wildman–Crippen LogP) is 3.11. The van der Waals surface area contributed by atoms with E-state index in [1.165, 1.54) is 0 Å². The first-order chi connectivity index (χ1) is 10.3. The van der Waals surface area contributed by atoms with Crippen LogP contribution in [0.25, 0.3) is 0 Å². The zero-order chi connectivity index (χ0) is 16.1. The molecule has 0 aromatic carbocycles. The Morgan fingerprint density at radius 1 is 1.41 bits per heavy atom. The molecule has 0 amide bonds. The standard InChI is InChI=1S/C14H18ClN3O2S2/c1-9-12(10(2)17(3)16-9)8-18(11-4-5-11)22(19,20)14-7-6-13(15)21-14/h6-7,11H,4-5,8H2,1-3H3. The molecule has 0 aliphatic heterocycles. The summed E-state index contributed by atoms with van der Waals surface area (Å²) in [7, 11) is -1.63. The maximum absolute atomic E-state index is 12.9. The summed E-state index contributed by atoms with van der Waals surface area (Å²) in [5.41, 5.74) is 2.87. The monoisotopic (exact) mass is 359 g/mol. The molecule has 1 saturated carbocycles. The molecule has 0 unspecified atom stereocenters. The summed E-state index contributed by atoms with van der Waals surface area (Å²) in [4.78, 5) is 0. The molecular formula is C14H18ClN3O2S2. The van der Waals surface area contributed by atoms with Crippen molar-refractivity contribution >= 4 is 33.0 Å². The summed E-state index contributed by atoms with van der Waals surface area (Å²) in [6.45, 7) is 4.26. The SMILES string of the molecule is Cc1nn(C)c(C)c1CN(C1CC1)S(=O)(=O)c1ccc(Cl)s1. The van der Waals surface area contributed by atoms with Gasteiger partial charge in [0.2, 0.25) is 0 Å². The molecule has 1 aliphatic carbocycles. The van der Waals surface area contributed by atoms with E-state index >= 15 is 0 Å². The van der Waals surface area contributed by atoms with Crippen LogP contribution in [0.3, 0.4) is 0 Å². The van der Waals surface area contributed by atoms with Gasteiger partial charge >= 0.3 is 0 Å². The Bertz CT molecular complexity index is 806. The van der Waals surface area contributed by atoms with Crippen molar-refractivity contribution in [3.8, 4) is 0 Å². The van der Waals surface area contributed by atoms with Crippen LogP contribution in [0.15, 0.2) is 16.3 Å². The zero-order valence-electron chi connectivity index (χ0n) is 12.7. The average Bonchev–Trinajstić information content (AvgIpc) is 3.12. The number of aromatic nitrogens is 2. The molecule has 1 aliphatic rings. The van der Waals surface area contributed by atoms with Gasteiger partial charge in [-0.1, -0.05) is 11.6 Å². The van der Waals surface area contributed by atoms with Crippen LogP contribution in [0, 0.1) is 13.8 Å². The van der Waals surface area contributed by atoms with E-state index in [-0.39, 0.29) is 6.04 Å². The van der Waals surface area contributed by atoms with Crippen molar-refractivity contribution in [3.63, 3.8) is 0 Å². The van der Waals surface area contributed by atoms with Crippen molar-refractivity contribution in [1.29, 1.82) is 0 Å². The lowest BCUT2D eigenvalue weighted by molar-refractivity contribution is 0.398. The first-order valence-electron chi connectivity index (χ1n) is 7.07. The molecular weight excluding hydrogens is 342 g/mol. The summed E-state index contributed by atoms with van der Waals surface area (Å²) in [6, 6.07) is 3.30. The van der Waals surface area contributed by atoms with E-state index in [4.69, 9.17) is 11.6 Å². The maximum atomic E-state index is 12.9. The second-order valence-electron chi connectivity index (χ2n) is 5.61. The normalized spacial score (nSPS) is 15.7. The first-order valence-corrected chi connectivity index (χ1v) is 9.70. The Kier molecular flexibility index (Phi) is 4.09. The summed E-state index contributed by atoms with van der Waals surface area (Å²) in [5, 5.41) is 4.38. The number of nitrogens with zero attached hydrogens (tertiary/aromatic N) is 3. The van der Waals surface area contributed by atoms with E-state index in [9.17, 15) is 8.42 Å². The topological polar surface area (TPSA) is 55.2 Å². The van der Waals surface area contributed by atoms with E-state index in [0.29, 0.717) is 15.1 Å². The minimum Gasteiger partial charge on any atom is -0.272 e. The Morgan fingerprint density at radius 2 is 2.09 bits per heavy atom. The fourth-order valence-electron chi connectivity index (χ4n) is 2.53. The van der Waals surface area contributed by atoms with Gasteiger partial charge in [0, 0.05) is 30.9 Å². The summed E-state index contributed by atoms with van der Waals surface area (Å²) >= 11 is 7.01. The van der Waals surface area contributed by atoms with Gasteiger partial charge in [-0.3, -0.25) is 4.68 Å². The molecule has 5 nitrogen and oxygen atoms in total. The van der Waals surface area contributed by atoms with Gasteiger partial charge in [-0.25, -0.2) is 8.42 Å². The van der Waals surface area contributed by atoms with Crippen LogP contribution in [0.2, 0.25) is 4.34 Å². The average molecular weight is 360 g/mol.